The first kappa shape index (κ1) is 11.1. The molecular formula is C11H6ClFN2S. The van der Waals surface area contributed by atoms with Crippen molar-refractivity contribution in [3.05, 3.63) is 40.1 Å². The van der Waals surface area contributed by atoms with Crippen LogP contribution in [0.4, 0.5) is 4.39 Å². The maximum Gasteiger partial charge on any atom is 0.144 e. The summed E-state index contributed by atoms with van der Waals surface area (Å²) in [4.78, 5) is 4.88. The quantitative estimate of drug-likeness (QED) is 0.818. The minimum atomic E-state index is -0.288. The number of nitriles is 1. The van der Waals surface area contributed by atoms with Crippen molar-refractivity contribution in [3.63, 3.8) is 0 Å². The Morgan fingerprint density at radius 3 is 2.69 bits per heavy atom. The molecule has 2 rings (SSSR count). The summed E-state index contributed by atoms with van der Waals surface area (Å²) in [5.41, 5.74) is 0.803. The van der Waals surface area contributed by atoms with Gasteiger partial charge < -0.3 is 0 Å². The standard InChI is InChI=1S/C11H6ClFN2S/c12-10-9(5-6-14)16-11(15-10)7-1-3-8(13)4-2-7/h1-4H,5H2. The summed E-state index contributed by atoms with van der Waals surface area (Å²) in [5, 5.41) is 9.64. The van der Waals surface area contributed by atoms with Crippen LogP contribution in [0.3, 0.4) is 0 Å². The fourth-order valence-corrected chi connectivity index (χ4v) is 2.44. The van der Waals surface area contributed by atoms with E-state index in [-0.39, 0.29) is 12.2 Å². The van der Waals surface area contributed by atoms with Crippen LogP contribution in [0.25, 0.3) is 10.6 Å². The van der Waals surface area contributed by atoms with Crippen molar-refractivity contribution in [1.82, 2.24) is 4.98 Å². The van der Waals surface area contributed by atoms with E-state index in [0.717, 1.165) is 10.4 Å². The Morgan fingerprint density at radius 1 is 1.38 bits per heavy atom. The van der Waals surface area contributed by atoms with Gasteiger partial charge in [-0.2, -0.15) is 5.26 Å². The van der Waals surface area contributed by atoms with E-state index in [1.54, 1.807) is 12.1 Å². The van der Waals surface area contributed by atoms with Crippen molar-refractivity contribution in [3.8, 4) is 16.6 Å². The Kier molecular flexibility index (Phi) is 3.18. The number of halogens is 2. The number of thiazole rings is 1. The van der Waals surface area contributed by atoms with Gasteiger partial charge >= 0.3 is 0 Å². The van der Waals surface area contributed by atoms with E-state index in [2.05, 4.69) is 4.98 Å². The Hall–Kier alpha value is -1.44. The predicted octanol–water partition coefficient (Wildman–Crippen LogP) is 3.67. The van der Waals surface area contributed by atoms with Gasteiger partial charge in [0.05, 0.1) is 17.4 Å². The molecule has 0 aliphatic rings. The number of aromatic nitrogens is 1. The molecule has 1 aromatic carbocycles. The van der Waals surface area contributed by atoms with Crippen molar-refractivity contribution in [2.45, 2.75) is 6.42 Å². The molecule has 0 radical (unpaired) electrons. The molecule has 0 aliphatic carbocycles. The largest absolute Gasteiger partial charge is 0.224 e. The van der Waals surface area contributed by atoms with Crippen LogP contribution in [0.2, 0.25) is 5.15 Å². The smallest absolute Gasteiger partial charge is 0.144 e. The highest BCUT2D eigenvalue weighted by atomic mass is 35.5. The number of nitrogens with zero attached hydrogens (tertiary/aromatic N) is 2. The average molecular weight is 253 g/mol. The fourth-order valence-electron chi connectivity index (χ4n) is 1.23. The van der Waals surface area contributed by atoms with E-state index in [0.29, 0.717) is 10.2 Å². The van der Waals surface area contributed by atoms with E-state index < -0.39 is 0 Å². The second-order valence-electron chi connectivity index (χ2n) is 3.07. The third-order valence-corrected chi connectivity index (χ3v) is 3.51. The van der Waals surface area contributed by atoms with Crippen molar-refractivity contribution in [2.24, 2.45) is 0 Å². The van der Waals surface area contributed by atoms with Gasteiger partial charge in [0.1, 0.15) is 16.0 Å². The first-order valence-corrected chi connectivity index (χ1v) is 5.68. The highest BCUT2D eigenvalue weighted by Gasteiger charge is 2.10. The Balaban J connectivity index is 2.38. The summed E-state index contributed by atoms with van der Waals surface area (Å²) in [6, 6.07) is 8.04. The minimum Gasteiger partial charge on any atom is -0.224 e. The summed E-state index contributed by atoms with van der Waals surface area (Å²) < 4.78 is 12.7. The van der Waals surface area contributed by atoms with Gasteiger partial charge in [-0.3, -0.25) is 0 Å². The van der Waals surface area contributed by atoms with Crippen LogP contribution < -0.4 is 0 Å². The van der Waals surface area contributed by atoms with Gasteiger partial charge in [0.2, 0.25) is 0 Å². The lowest BCUT2D eigenvalue weighted by Gasteiger charge is -1.94. The van der Waals surface area contributed by atoms with E-state index in [1.807, 2.05) is 6.07 Å². The molecule has 16 heavy (non-hydrogen) atoms. The van der Waals surface area contributed by atoms with Crippen molar-refractivity contribution >= 4 is 22.9 Å². The topological polar surface area (TPSA) is 36.7 Å². The summed E-state index contributed by atoms with van der Waals surface area (Å²) in [7, 11) is 0. The predicted molar refractivity (Wildman–Crippen MR) is 61.8 cm³/mol. The fraction of sp³-hybridized carbons (Fsp3) is 0.0909. The molecule has 0 spiro atoms. The van der Waals surface area contributed by atoms with Crippen LogP contribution in [0.15, 0.2) is 24.3 Å². The van der Waals surface area contributed by atoms with E-state index >= 15 is 0 Å². The molecule has 80 valence electrons. The SMILES string of the molecule is N#CCc1sc(-c2ccc(F)cc2)nc1Cl. The molecule has 0 amide bonds. The number of rotatable bonds is 2. The Morgan fingerprint density at radius 2 is 2.06 bits per heavy atom. The van der Waals surface area contributed by atoms with Gasteiger partial charge in [-0.25, -0.2) is 9.37 Å². The lowest BCUT2D eigenvalue weighted by molar-refractivity contribution is 0.628. The van der Waals surface area contributed by atoms with Crippen LogP contribution in [0.1, 0.15) is 4.88 Å². The van der Waals surface area contributed by atoms with Crippen LogP contribution in [-0.4, -0.2) is 4.98 Å². The average Bonchev–Trinajstić information content (AvgIpc) is 2.62. The summed E-state index contributed by atoms with van der Waals surface area (Å²) >= 11 is 7.23. The number of benzene rings is 1. The molecule has 0 saturated carbocycles. The third kappa shape index (κ3) is 2.21. The molecule has 0 atom stereocenters. The number of hydrogen-bond donors (Lipinski definition) is 0. The second kappa shape index (κ2) is 4.60. The van der Waals surface area contributed by atoms with Crippen molar-refractivity contribution < 1.29 is 4.39 Å². The molecule has 2 nitrogen and oxygen atoms in total. The third-order valence-electron chi connectivity index (χ3n) is 1.98. The van der Waals surface area contributed by atoms with Gasteiger partial charge in [0.15, 0.2) is 0 Å². The number of hydrogen-bond acceptors (Lipinski definition) is 3. The Labute approximate surface area is 101 Å². The zero-order valence-electron chi connectivity index (χ0n) is 8.08. The molecule has 0 saturated heterocycles. The molecule has 0 fully saturated rings. The monoisotopic (exact) mass is 252 g/mol. The molecule has 5 heteroatoms. The van der Waals surface area contributed by atoms with E-state index in [9.17, 15) is 4.39 Å². The zero-order chi connectivity index (χ0) is 11.5. The van der Waals surface area contributed by atoms with E-state index in [4.69, 9.17) is 16.9 Å². The van der Waals surface area contributed by atoms with E-state index in [1.165, 1.54) is 23.5 Å². The maximum absolute atomic E-state index is 12.7. The summed E-state index contributed by atoms with van der Waals surface area (Å²) in [5.74, 6) is -0.288. The van der Waals surface area contributed by atoms with Gasteiger partial charge in [-0.1, -0.05) is 11.6 Å². The first-order chi connectivity index (χ1) is 7.70. The molecule has 0 N–H and O–H groups in total. The van der Waals surface area contributed by atoms with Crippen molar-refractivity contribution in [1.29, 1.82) is 5.26 Å². The highest BCUT2D eigenvalue weighted by Crippen LogP contribution is 2.31. The Bertz CT molecular complexity index is 542. The van der Waals surface area contributed by atoms with Crippen LogP contribution >= 0.6 is 22.9 Å². The van der Waals surface area contributed by atoms with Crippen LogP contribution in [-0.2, 0) is 6.42 Å². The minimum absolute atomic E-state index is 0.248. The zero-order valence-corrected chi connectivity index (χ0v) is 9.65. The van der Waals surface area contributed by atoms with Gasteiger partial charge in [0, 0.05) is 5.56 Å². The normalized spacial score (nSPS) is 10.1. The van der Waals surface area contributed by atoms with Crippen LogP contribution in [0.5, 0.6) is 0 Å². The first-order valence-electron chi connectivity index (χ1n) is 4.49. The lowest BCUT2D eigenvalue weighted by Crippen LogP contribution is -1.77. The molecule has 1 heterocycles. The molecule has 1 aromatic heterocycles. The molecule has 0 unspecified atom stereocenters. The van der Waals surface area contributed by atoms with Crippen molar-refractivity contribution in [2.75, 3.05) is 0 Å². The van der Waals surface area contributed by atoms with Gasteiger partial charge in [-0.05, 0) is 24.3 Å². The summed E-state index contributed by atoms with van der Waals surface area (Å²) in [6.07, 6.45) is 0.248. The van der Waals surface area contributed by atoms with Crippen LogP contribution in [0, 0.1) is 17.1 Å². The molecule has 0 bridgehead atoms. The second-order valence-corrected chi connectivity index (χ2v) is 4.52. The van der Waals surface area contributed by atoms with Gasteiger partial charge in [-0.15, -0.1) is 11.3 Å². The molecular weight excluding hydrogens is 247 g/mol. The molecule has 2 aromatic rings. The lowest BCUT2D eigenvalue weighted by atomic mass is 10.2. The van der Waals surface area contributed by atoms with Gasteiger partial charge in [0.25, 0.3) is 0 Å². The molecule has 0 aliphatic heterocycles. The summed E-state index contributed by atoms with van der Waals surface area (Å²) in [6.45, 7) is 0. The maximum atomic E-state index is 12.7. The highest BCUT2D eigenvalue weighted by molar-refractivity contribution is 7.15.